The van der Waals surface area contributed by atoms with Crippen LogP contribution in [0.5, 0.6) is 11.5 Å². The Kier molecular flexibility index (Phi) is 8.07. The number of hydrazone groups is 1. The van der Waals surface area contributed by atoms with Crippen LogP contribution < -0.4 is 14.9 Å². The fraction of sp³-hybridized carbons (Fsp3) is 0.0333. The molecule has 2 N–H and O–H groups in total. The summed E-state index contributed by atoms with van der Waals surface area (Å²) < 4.78 is 10.8. The first-order chi connectivity index (χ1) is 19.4. The molecule has 0 bridgehead atoms. The molecule has 0 saturated heterocycles. The molecule has 0 aliphatic carbocycles. The van der Waals surface area contributed by atoms with Gasteiger partial charge in [-0.1, -0.05) is 77.3 Å². The van der Waals surface area contributed by atoms with Crippen LogP contribution in [0.15, 0.2) is 90.0 Å². The molecule has 40 heavy (non-hydrogen) atoms. The van der Waals surface area contributed by atoms with E-state index < -0.39 is 11.9 Å². The van der Waals surface area contributed by atoms with Gasteiger partial charge in [0.25, 0.3) is 5.91 Å². The van der Waals surface area contributed by atoms with Crippen molar-refractivity contribution < 1.29 is 19.1 Å². The van der Waals surface area contributed by atoms with E-state index in [4.69, 9.17) is 44.3 Å². The van der Waals surface area contributed by atoms with Crippen molar-refractivity contribution in [2.24, 2.45) is 5.10 Å². The number of H-pyrrole nitrogens is 1. The van der Waals surface area contributed by atoms with Gasteiger partial charge in [0, 0.05) is 26.6 Å². The van der Waals surface area contributed by atoms with Crippen molar-refractivity contribution in [3.05, 3.63) is 117 Å². The molecule has 0 saturated carbocycles. The number of fused-ring (bicyclic) bond motifs is 1. The van der Waals surface area contributed by atoms with Crippen molar-refractivity contribution in [1.29, 1.82) is 0 Å². The van der Waals surface area contributed by atoms with E-state index >= 15 is 0 Å². The van der Waals surface area contributed by atoms with Crippen LogP contribution in [-0.4, -0.2) is 30.2 Å². The molecular formula is C30H20Cl3N3O4. The number of nitrogens with zero attached hydrogens (tertiary/aromatic N) is 1. The van der Waals surface area contributed by atoms with E-state index in [1.54, 1.807) is 48.5 Å². The summed E-state index contributed by atoms with van der Waals surface area (Å²) in [4.78, 5) is 29.3. The van der Waals surface area contributed by atoms with Crippen molar-refractivity contribution in [1.82, 2.24) is 10.4 Å². The van der Waals surface area contributed by atoms with Gasteiger partial charge in [-0.05, 0) is 48.0 Å². The molecule has 0 aliphatic rings. The van der Waals surface area contributed by atoms with Crippen molar-refractivity contribution in [2.75, 3.05) is 7.11 Å². The predicted octanol–water partition coefficient (Wildman–Crippen LogP) is 7.79. The zero-order chi connectivity index (χ0) is 28.2. The van der Waals surface area contributed by atoms with E-state index in [0.717, 1.165) is 5.56 Å². The highest BCUT2D eigenvalue weighted by Crippen LogP contribution is 2.37. The van der Waals surface area contributed by atoms with Crippen LogP contribution in [-0.2, 0) is 0 Å². The number of hydrogen-bond donors (Lipinski definition) is 2. The fourth-order valence-electron chi connectivity index (χ4n) is 4.19. The number of aromatic nitrogens is 1. The van der Waals surface area contributed by atoms with E-state index in [-0.39, 0.29) is 17.0 Å². The third kappa shape index (κ3) is 5.67. The van der Waals surface area contributed by atoms with Crippen LogP contribution in [0, 0.1) is 0 Å². The molecule has 1 amide bonds. The molecule has 5 aromatic rings. The number of methoxy groups -OCH3 is 1. The summed E-state index contributed by atoms with van der Waals surface area (Å²) in [6.45, 7) is 0. The highest BCUT2D eigenvalue weighted by Gasteiger charge is 2.21. The maximum atomic E-state index is 13.3. The van der Waals surface area contributed by atoms with E-state index in [2.05, 4.69) is 15.5 Å². The summed E-state index contributed by atoms with van der Waals surface area (Å²) in [5.41, 5.74) is 5.43. The number of para-hydroxylation sites is 1. The van der Waals surface area contributed by atoms with Crippen molar-refractivity contribution in [2.45, 2.75) is 0 Å². The molecule has 5 rings (SSSR count). The molecule has 4 aromatic carbocycles. The number of rotatable bonds is 7. The highest BCUT2D eigenvalue weighted by molar-refractivity contribution is 6.39. The van der Waals surface area contributed by atoms with Crippen LogP contribution in [0.4, 0.5) is 0 Å². The number of nitrogens with one attached hydrogen (secondary N) is 2. The monoisotopic (exact) mass is 591 g/mol. The minimum atomic E-state index is -0.662. The summed E-state index contributed by atoms with van der Waals surface area (Å²) in [7, 11) is 1.45. The standard InChI is InChI=1S/C30H20Cl3N3O4/c1-39-25-12-11-19(31)13-21(25)30(38)40-24-10-6-5-9-18(24)16-34-36-29(37)28-26(17-7-3-2-4-8-17)22-14-20(32)15-23(33)27(22)35-28/h2-16,35H,1H3,(H,36,37). The van der Waals surface area contributed by atoms with Gasteiger partial charge in [-0.25, -0.2) is 10.2 Å². The zero-order valence-electron chi connectivity index (χ0n) is 20.9. The van der Waals surface area contributed by atoms with Crippen molar-refractivity contribution in [3.63, 3.8) is 0 Å². The molecule has 1 heterocycles. The topological polar surface area (TPSA) is 92.8 Å². The minimum Gasteiger partial charge on any atom is -0.496 e. The van der Waals surface area contributed by atoms with Gasteiger partial charge < -0.3 is 14.5 Å². The van der Waals surface area contributed by atoms with Crippen LogP contribution in [0.1, 0.15) is 26.4 Å². The molecule has 200 valence electrons. The smallest absolute Gasteiger partial charge is 0.347 e. The lowest BCUT2D eigenvalue weighted by atomic mass is 10.0. The van der Waals surface area contributed by atoms with E-state index in [1.807, 2.05) is 30.3 Å². The zero-order valence-corrected chi connectivity index (χ0v) is 23.1. The maximum Gasteiger partial charge on any atom is 0.347 e. The number of carbonyl (C=O) groups is 2. The summed E-state index contributed by atoms with van der Waals surface area (Å²) in [6, 6.07) is 24.2. The van der Waals surface area contributed by atoms with Crippen molar-refractivity contribution >= 4 is 63.8 Å². The first-order valence-corrected chi connectivity index (χ1v) is 13.0. The number of esters is 1. The average molecular weight is 593 g/mol. The number of amides is 1. The molecule has 10 heteroatoms. The van der Waals surface area contributed by atoms with Crippen LogP contribution >= 0.6 is 34.8 Å². The van der Waals surface area contributed by atoms with E-state index in [1.165, 1.54) is 19.4 Å². The number of hydrogen-bond acceptors (Lipinski definition) is 5. The highest BCUT2D eigenvalue weighted by atomic mass is 35.5. The molecule has 0 fully saturated rings. The lowest BCUT2D eigenvalue weighted by molar-refractivity contribution is 0.0730. The van der Waals surface area contributed by atoms with Gasteiger partial charge >= 0.3 is 5.97 Å². The molecular weight excluding hydrogens is 573 g/mol. The minimum absolute atomic E-state index is 0.168. The molecule has 0 radical (unpaired) electrons. The van der Waals surface area contributed by atoms with Crippen LogP contribution in [0.2, 0.25) is 15.1 Å². The van der Waals surface area contributed by atoms with Crippen LogP contribution in [0.25, 0.3) is 22.0 Å². The van der Waals surface area contributed by atoms with Gasteiger partial charge in [-0.15, -0.1) is 0 Å². The van der Waals surface area contributed by atoms with Crippen LogP contribution in [0.3, 0.4) is 0 Å². The molecule has 1 aromatic heterocycles. The van der Waals surface area contributed by atoms with E-state index in [0.29, 0.717) is 42.8 Å². The first-order valence-electron chi connectivity index (χ1n) is 11.9. The van der Waals surface area contributed by atoms with Gasteiger partial charge in [0.2, 0.25) is 0 Å². The normalized spacial score (nSPS) is 11.1. The van der Waals surface area contributed by atoms with Gasteiger partial charge in [0.05, 0.1) is 23.9 Å². The number of halogens is 3. The summed E-state index contributed by atoms with van der Waals surface area (Å²) in [5, 5.41) is 6.00. The first kappa shape index (κ1) is 27.3. The van der Waals surface area contributed by atoms with Crippen molar-refractivity contribution in [3.8, 4) is 22.6 Å². The Hall–Kier alpha value is -4.30. The average Bonchev–Trinajstić information content (AvgIpc) is 3.34. The maximum absolute atomic E-state index is 13.3. The predicted molar refractivity (Wildman–Crippen MR) is 158 cm³/mol. The Labute approximate surface area is 244 Å². The number of aromatic amines is 1. The van der Waals surface area contributed by atoms with Gasteiger partial charge in [0.15, 0.2) is 0 Å². The lowest BCUT2D eigenvalue weighted by Gasteiger charge is -2.10. The Morgan fingerprint density at radius 1 is 0.875 bits per heavy atom. The van der Waals surface area contributed by atoms with Gasteiger partial charge in [-0.2, -0.15) is 5.10 Å². The second-order valence-electron chi connectivity index (χ2n) is 8.52. The number of ether oxygens (including phenoxy) is 2. The summed E-state index contributed by atoms with van der Waals surface area (Å²) in [6.07, 6.45) is 1.38. The molecule has 0 atom stereocenters. The second-order valence-corrected chi connectivity index (χ2v) is 9.80. The summed E-state index contributed by atoms with van der Waals surface area (Å²) in [5.74, 6) is -0.617. The molecule has 0 unspecified atom stereocenters. The molecule has 7 nitrogen and oxygen atoms in total. The number of carbonyl (C=O) groups excluding carboxylic acids is 2. The Morgan fingerprint density at radius 3 is 2.40 bits per heavy atom. The Morgan fingerprint density at radius 2 is 1.62 bits per heavy atom. The van der Waals surface area contributed by atoms with E-state index in [9.17, 15) is 9.59 Å². The fourth-order valence-corrected chi connectivity index (χ4v) is 4.90. The third-order valence-corrected chi connectivity index (χ3v) is 6.74. The Bertz CT molecular complexity index is 1770. The SMILES string of the molecule is COc1ccc(Cl)cc1C(=O)Oc1ccccc1C=NNC(=O)c1[nH]c2c(Cl)cc(Cl)cc2c1-c1ccccc1. The summed E-state index contributed by atoms with van der Waals surface area (Å²) >= 11 is 18.7. The quantitative estimate of drug-likeness (QED) is 0.0873. The van der Waals surface area contributed by atoms with Gasteiger partial charge in [0.1, 0.15) is 22.8 Å². The Balaban J connectivity index is 1.41. The third-order valence-electron chi connectivity index (χ3n) is 5.99. The molecule has 0 spiro atoms. The largest absolute Gasteiger partial charge is 0.496 e. The number of benzene rings is 4. The lowest BCUT2D eigenvalue weighted by Crippen LogP contribution is -2.19. The molecule has 0 aliphatic heterocycles. The van der Waals surface area contributed by atoms with Gasteiger partial charge in [-0.3, -0.25) is 4.79 Å². The second kappa shape index (κ2) is 11.8.